The molecule has 1 rings (SSSR count). The molecule has 78 valence electrons. The zero-order valence-electron chi connectivity index (χ0n) is 7.77. The zero-order valence-corrected chi connectivity index (χ0v) is 7.77. The lowest BCUT2D eigenvalue weighted by atomic mass is 10.0. The van der Waals surface area contributed by atoms with E-state index in [9.17, 15) is 14.4 Å². The molecule has 0 aliphatic rings. The summed E-state index contributed by atoms with van der Waals surface area (Å²) in [6, 6.07) is -0.685. The summed E-state index contributed by atoms with van der Waals surface area (Å²) in [7, 11) is 0. The Bertz CT molecular complexity index is 413. The van der Waals surface area contributed by atoms with Crippen molar-refractivity contribution in [2.24, 2.45) is 5.92 Å². The summed E-state index contributed by atoms with van der Waals surface area (Å²) in [6.45, 7) is 2.94. The number of hydrogen-bond acceptors (Lipinski definition) is 3. The molecule has 1 aromatic heterocycles. The fraction of sp³-hybridized carbons (Fsp3) is 0.571. The summed E-state index contributed by atoms with van der Waals surface area (Å²) in [6.07, 6.45) is 0. The van der Waals surface area contributed by atoms with Gasteiger partial charge in [0.25, 0.3) is 0 Å². The summed E-state index contributed by atoms with van der Waals surface area (Å²) in [5.41, 5.74) is -1.26. The van der Waals surface area contributed by atoms with E-state index in [1.807, 2.05) is 0 Å². The number of aliphatic carboxylic acids is 1. The third kappa shape index (κ3) is 1.61. The molecule has 2 atom stereocenters. The number of hydrogen-bond donors (Lipinski definition) is 3. The molecule has 3 N–H and O–H groups in total. The maximum atomic E-state index is 11.1. The van der Waals surface area contributed by atoms with Crippen LogP contribution in [0.15, 0.2) is 9.59 Å². The minimum atomic E-state index is -1.05. The van der Waals surface area contributed by atoms with E-state index >= 15 is 0 Å². The van der Waals surface area contributed by atoms with Crippen LogP contribution in [-0.4, -0.2) is 25.8 Å². The Hall–Kier alpha value is -1.79. The predicted molar refractivity (Wildman–Crippen MR) is 47.2 cm³/mol. The Balaban J connectivity index is 3.12. The lowest BCUT2D eigenvalue weighted by Crippen LogP contribution is -2.35. The standard InChI is InChI=1S/C7H11N3O4/c1-3(5(11)12)4(2)10-6(13)8-9-7(10)14/h3-4H,1-2H3,(H,8,13)(H,9,14)(H,11,12). The first kappa shape index (κ1) is 10.3. The van der Waals surface area contributed by atoms with Crippen LogP contribution < -0.4 is 11.4 Å². The van der Waals surface area contributed by atoms with Crippen molar-refractivity contribution < 1.29 is 9.90 Å². The highest BCUT2D eigenvalue weighted by Gasteiger charge is 2.23. The third-order valence-electron chi connectivity index (χ3n) is 2.23. The van der Waals surface area contributed by atoms with E-state index in [0.29, 0.717) is 0 Å². The molecular weight excluding hydrogens is 190 g/mol. The highest BCUT2D eigenvalue weighted by atomic mass is 16.4. The van der Waals surface area contributed by atoms with Gasteiger partial charge in [-0.2, -0.15) is 0 Å². The molecule has 7 nitrogen and oxygen atoms in total. The molecule has 0 amide bonds. The summed E-state index contributed by atoms with van der Waals surface area (Å²) in [5, 5.41) is 12.9. The highest BCUT2D eigenvalue weighted by molar-refractivity contribution is 5.70. The molecule has 0 aliphatic carbocycles. The van der Waals surface area contributed by atoms with Crippen molar-refractivity contribution in [1.29, 1.82) is 0 Å². The fourth-order valence-electron chi connectivity index (χ4n) is 1.12. The molecule has 1 aromatic rings. The molecule has 0 aliphatic heterocycles. The molecule has 0 fully saturated rings. The predicted octanol–water partition coefficient (Wildman–Crippen LogP) is -0.854. The van der Waals surface area contributed by atoms with Gasteiger partial charge in [0, 0.05) is 0 Å². The lowest BCUT2D eigenvalue weighted by Gasteiger charge is -2.14. The molecule has 0 aromatic carbocycles. The number of nitrogens with one attached hydrogen (secondary N) is 2. The van der Waals surface area contributed by atoms with Crippen LogP contribution in [-0.2, 0) is 4.79 Å². The number of nitrogens with zero attached hydrogens (tertiary/aromatic N) is 1. The SMILES string of the molecule is CC(C(=O)O)C(C)n1c(=O)[nH][nH]c1=O. The van der Waals surface area contributed by atoms with Crippen LogP contribution in [0, 0.1) is 5.92 Å². The largest absolute Gasteiger partial charge is 0.481 e. The van der Waals surface area contributed by atoms with Gasteiger partial charge in [-0.05, 0) is 13.8 Å². The minimum absolute atomic E-state index is 0.629. The molecular formula is C7H11N3O4. The van der Waals surface area contributed by atoms with Gasteiger partial charge in [0.1, 0.15) is 0 Å². The van der Waals surface area contributed by atoms with Crippen molar-refractivity contribution in [2.45, 2.75) is 19.9 Å². The van der Waals surface area contributed by atoms with Crippen molar-refractivity contribution in [2.75, 3.05) is 0 Å². The van der Waals surface area contributed by atoms with E-state index in [-0.39, 0.29) is 0 Å². The van der Waals surface area contributed by atoms with Gasteiger partial charge in [-0.3, -0.25) is 4.79 Å². The number of H-pyrrole nitrogens is 2. The van der Waals surface area contributed by atoms with E-state index in [2.05, 4.69) is 10.2 Å². The van der Waals surface area contributed by atoms with Gasteiger partial charge in [0.15, 0.2) is 0 Å². The molecule has 0 bridgehead atoms. The van der Waals surface area contributed by atoms with Gasteiger partial charge < -0.3 is 5.11 Å². The van der Waals surface area contributed by atoms with Crippen molar-refractivity contribution in [3.05, 3.63) is 21.0 Å². The summed E-state index contributed by atoms with van der Waals surface area (Å²) in [4.78, 5) is 32.8. The average Bonchev–Trinajstić information content (AvgIpc) is 2.44. The first-order chi connectivity index (χ1) is 6.45. The van der Waals surface area contributed by atoms with Crippen LogP contribution in [0.3, 0.4) is 0 Å². The van der Waals surface area contributed by atoms with Crippen LogP contribution >= 0.6 is 0 Å². The molecule has 0 spiro atoms. The number of aromatic nitrogens is 3. The number of aromatic amines is 2. The number of carbonyl (C=O) groups is 1. The average molecular weight is 201 g/mol. The monoisotopic (exact) mass is 201 g/mol. The van der Waals surface area contributed by atoms with Crippen molar-refractivity contribution in [1.82, 2.24) is 14.8 Å². The maximum absolute atomic E-state index is 11.1. The molecule has 14 heavy (non-hydrogen) atoms. The summed E-state index contributed by atoms with van der Waals surface area (Å²) < 4.78 is 0.846. The molecule has 0 radical (unpaired) electrons. The smallest absolute Gasteiger partial charge is 0.344 e. The maximum Gasteiger partial charge on any atom is 0.344 e. The molecule has 1 heterocycles. The molecule has 2 unspecified atom stereocenters. The van der Waals surface area contributed by atoms with E-state index < -0.39 is 29.3 Å². The van der Waals surface area contributed by atoms with Gasteiger partial charge in [-0.25, -0.2) is 24.4 Å². The van der Waals surface area contributed by atoms with Crippen LogP contribution in [0.1, 0.15) is 19.9 Å². The Morgan fingerprint density at radius 1 is 1.29 bits per heavy atom. The van der Waals surface area contributed by atoms with Crippen LogP contribution in [0.5, 0.6) is 0 Å². The molecule has 7 heteroatoms. The van der Waals surface area contributed by atoms with Gasteiger partial charge >= 0.3 is 17.3 Å². The van der Waals surface area contributed by atoms with Gasteiger partial charge in [0.05, 0.1) is 12.0 Å². The minimum Gasteiger partial charge on any atom is -0.481 e. The Kier molecular flexibility index (Phi) is 2.59. The third-order valence-corrected chi connectivity index (χ3v) is 2.23. The number of rotatable bonds is 3. The lowest BCUT2D eigenvalue weighted by molar-refractivity contribution is -0.142. The summed E-state index contributed by atoms with van der Waals surface area (Å²) >= 11 is 0. The second-order valence-corrected chi connectivity index (χ2v) is 3.10. The van der Waals surface area contributed by atoms with Crippen LogP contribution in [0.4, 0.5) is 0 Å². The summed E-state index contributed by atoms with van der Waals surface area (Å²) in [5.74, 6) is -1.85. The second kappa shape index (κ2) is 3.52. The van der Waals surface area contributed by atoms with E-state index in [0.717, 1.165) is 4.57 Å². The molecule has 0 saturated carbocycles. The number of carboxylic acid groups (broad SMARTS) is 1. The van der Waals surface area contributed by atoms with E-state index in [1.54, 1.807) is 0 Å². The van der Waals surface area contributed by atoms with Crippen molar-refractivity contribution in [3.63, 3.8) is 0 Å². The van der Waals surface area contributed by atoms with Crippen LogP contribution in [0.25, 0.3) is 0 Å². The molecule has 0 saturated heterocycles. The second-order valence-electron chi connectivity index (χ2n) is 3.10. The topological polar surface area (TPSA) is 108 Å². The van der Waals surface area contributed by atoms with Crippen molar-refractivity contribution in [3.8, 4) is 0 Å². The zero-order chi connectivity index (χ0) is 10.9. The van der Waals surface area contributed by atoms with Crippen molar-refractivity contribution >= 4 is 5.97 Å². The first-order valence-electron chi connectivity index (χ1n) is 4.07. The van der Waals surface area contributed by atoms with E-state index in [1.165, 1.54) is 13.8 Å². The van der Waals surface area contributed by atoms with Crippen LogP contribution in [0.2, 0.25) is 0 Å². The normalized spacial score (nSPS) is 15.0. The van der Waals surface area contributed by atoms with Gasteiger partial charge in [-0.1, -0.05) is 0 Å². The quantitative estimate of drug-likeness (QED) is 0.591. The fourth-order valence-corrected chi connectivity index (χ4v) is 1.12. The number of carboxylic acids is 1. The Labute approximate surface area is 78.4 Å². The highest BCUT2D eigenvalue weighted by Crippen LogP contribution is 2.12. The van der Waals surface area contributed by atoms with Gasteiger partial charge in [-0.15, -0.1) is 0 Å². The Morgan fingerprint density at radius 3 is 2.07 bits per heavy atom. The van der Waals surface area contributed by atoms with Gasteiger partial charge in [0.2, 0.25) is 0 Å². The Morgan fingerprint density at radius 2 is 1.71 bits per heavy atom. The van der Waals surface area contributed by atoms with E-state index in [4.69, 9.17) is 5.11 Å². The first-order valence-corrected chi connectivity index (χ1v) is 4.07.